The van der Waals surface area contributed by atoms with E-state index in [0.29, 0.717) is 23.0 Å². The van der Waals surface area contributed by atoms with Gasteiger partial charge >= 0.3 is 0 Å². The monoisotopic (exact) mass is 426 g/mol. The van der Waals surface area contributed by atoms with Crippen molar-refractivity contribution >= 4 is 45.6 Å². The van der Waals surface area contributed by atoms with E-state index in [9.17, 15) is 9.59 Å². The molecule has 28 heavy (non-hydrogen) atoms. The van der Waals surface area contributed by atoms with Crippen LogP contribution < -0.4 is 0 Å². The molecule has 0 bridgehead atoms. The highest BCUT2D eigenvalue weighted by atomic mass is 32.1. The summed E-state index contributed by atoms with van der Waals surface area (Å²) in [5.74, 6) is 1.15. The van der Waals surface area contributed by atoms with Gasteiger partial charge in [0.2, 0.25) is 0 Å². The largest absolute Gasteiger partial charge is 0.293 e. The maximum atomic E-state index is 13.8. The number of hydrogen-bond acceptors (Lipinski definition) is 5. The van der Waals surface area contributed by atoms with Crippen LogP contribution in [-0.4, -0.2) is 11.6 Å². The van der Waals surface area contributed by atoms with Crippen LogP contribution in [0.5, 0.6) is 0 Å². The van der Waals surface area contributed by atoms with Crippen molar-refractivity contribution in [3.05, 3.63) is 46.2 Å². The predicted molar refractivity (Wildman–Crippen MR) is 119 cm³/mol. The van der Waals surface area contributed by atoms with Gasteiger partial charge in [0.1, 0.15) is 0 Å². The average Bonchev–Trinajstić information content (AvgIpc) is 3.50. The highest BCUT2D eigenvalue weighted by Crippen LogP contribution is 2.59. The van der Waals surface area contributed by atoms with Crippen molar-refractivity contribution in [2.45, 2.75) is 39.5 Å². The quantitative estimate of drug-likeness (QED) is 0.407. The van der Waals surface area contributed by atoms with Crippen LogP contribution in [0.15, 0.2) is 35.0 Å². The lowest BCUT2D eigenvalue weighted by molar-refractivity contribution is 0.0695. The molecular formula is C23H22O2S3. The highest BCUT2D eigenvalue weighted by molar-refractivity contribution is 7.26. The lowest BCUT2D eigenvalue weighted by Gasteiger charge is -2.20. The number of carbonyl (C=O) groups excluding carboxylic acids is 2. The molecule has 2 atom stereocenters. The molecule has 2 unspecified atom stereocenters. The summed E-state index contributed by atoms with van der Waals surface area (Å²) in [6, 6.07) is 8.17. The van der Waals surface area contributed by atoms with Gasteiger partial charge in [0.05, 0.1) is 15.2 Å². The second-order valence-corrected chi connectivity index (χ2v) is 10.9. The first-order chi connectivity index (χ1) is 13.6. The predicted octanol–water partition coefficient (Wildman–Crippen LogP) is 7.42. The summed E-state index contributed by atoms with van der Waals surface area (Å²) < 4.78 is 0. The van der Waals surface area contributed by atoms with Gasteiger partial charge in [-0.2, -0.15) is 0 Å². The van der Waals surface area contributed by atoms with E-state index < -0.39 is 5.41 Å². The van der Waals surface area contributed by atoms with Crippen molar-refractivity contribution in [3.8, 4) is 19.5 Å². The minimum Gasteiger partial charge on any atom is -0.293 e. The molecule has 1 fully saturated rings. The fraction of sp³-hybridized carbons (Fsp3) is 0.391. The number of fused-ring (bicyclic) bond motifs is 1. The van der Waals surface area contributed by atoms with Crippen molar-refractivity contribution < 1.29 is 9.59 Å². The van der Waals surface area contributed by atoms with Crippen LogP contribution in [0.25, 0.3) is 19.5 Å². The van der Waals surface area contributed by atoms with Crippen LogP contribution >= 0.6 is 34.0 Å². The van der Waals surface area contributed by atoms with Gasteiger partial charge in [0.15, 0.2) is 11.6 Å². The fourth-order valence-corrected chi connectivity index (χ4v) is 8.26. The summed E-state index contributed by atoms with van der Waals surface area (Å²) >= 11 is 4.91. The van der Waals surface area contributed by atoms with Gasteiger partial charge in [-0.3, -0.25) is 9.59 Å². The Morgan fingerprint density at radius 1 is 0.857 bits per heavy atom. The molecule has 5 rings (SSSR count). The van der Waals surface area contributed by atoms with Crippen molar-refractivity contribution in [1.82, 2.24) is 0 Å². The molecule has 3 heterocycles. The second-order valence-electron chi connectivity index (χ2n) is 7.95. The molecule has 5 heteroatoms. The van der Waals surface area contributed by atoms with Gasteiger partial charge in [-0.15, -0.1) is 34.0 Å². The maximum absolute atomic E-state index is 13.8. The third kappa shape index (κ3) is 2.42. The van der Waals surface area contributed by atoms with E-state index in [4.69, 9.17) is 0 Å². The zero-order valence-electron chi connectivity index (χ0n) is 16.0. The zero-order valence-corrected chi connectivity index (χ0v) is 18.4. The Kier molecular flexibility index (Phi) is 4.45. The molecule has 2 aliphatic rings. The third-order valence-corrected chi connectivity index (χ3v) is 9.95. The molecule has 2 aliphatic carbocycles. The average molecular weight is 427 g/mol. The molecule has 3 aromatic heterocycles. The zero-order chi connectivity index (χ0) is 19.5. The Morgan fingerprint density at radius 3 is 1.68 bits per heavy atom. The van der Waals surface area contributed by atoms with Crippen molar-refractivity contribution in [1.29, 1.82) is 0 Å². The molecule has 3 aromatic rings. The van der Waals surface area contributed by atoms with Crippen LogP contribution in [0.1, 0.15) is 60.2 Å². The summed E-state index contributed by atoms with van der Waals surface area (Å²) in [6.07, 6.45) is 3.55. The lowest BCUT2D eigenvalue weighted by atomic mass is 9.79. The van der Waals surface area contributed by atoms with Crippen LogP contribution in [-0.2, 0) is 0 Å². The van der Waals surface area contributed by atoms with Gasteiger partial charge in [0, 0.05) is 20.9 Å². The number of carbonyl (C=O) groups is 2. The summed E-state index contributed by atoms with van der Waals surface area (Å²) in [4.78, 5) is 31.9. The molecular weight excluding hydrogens is 404 g/mol. The van der Waals surface area contributed by atoms with Crippen molar-refractivity contribution in [2.75, 3.05) is 0 Å². The highest BCUT2D eigenvalue weighted by Gasteiger charge is 2.60. The first-order valence-electron chi connectivity index (χ1n) is 9.94. The van der Waals surface area contributed by atoms with Crippen molar-refractivity contribution in [3.63, 3.8) is 0 Å². The third-order valence-electron chi connectivity index (χ3n) is 6.66. The molecule has 1 spiro atoms. The van der Waals surface area contributed by atoms with Crippen LogP contribution in [0.4, 0.5) is 0 Å². The molecule has 144 valence electrons. The molecule has 2 nitrogen and oxygen atoms in total. The first-order valence-corrected chi connectivity index (χ1v) is 12.5. The minimum absolute atomic E-state index is 0.101. The SMILES string of the molecule is CCC1CC2(CC1CC)C(=O)c1c(-c3cccs3)sc(-c3cccs3)c1C2=O. The van der Waals surface area contributed by atoms with Crippen molar-refractivity contribution in [2.24, 2.45) is 17.3 Å². The maximum Gasteiger partial charge on any atom is 0.179 e. The Morgan fingerprint density at radius 2 is 1.32 bits per heavy atom. The van der Waals surface area contributed by atoms with Gasteiger partial charge in [0.25, 0.3) is 0 Å². The summed E-state index contributed by atoms with van der Waals surface area (Å²) in [5, 5.41) is 4.08. The van der Waals surface area contributed by atoms with Gasteiger partial charge in [-0.25, -0.2) is 0 Å². The van der Waals surface area contributed by atoms with Gasteiger partial charge in [-0.05, 0) is 47.6 Å². The van der Waals surface area contributed by atoms with E-state index in [1.807, 2.05) is 22.9 Å². The topological polar surface area (TPSA) is 34.1 Å². The molecule has 0 aliphatic heterocycles. The molecule has 1 saturated carbocycles. The number of ketones is 2. The Bertz CT molecular complexity index is 957. The molecule has 0 radical (unpaired) electrons. The van der Waals surface area contributed by atoms with E-state index in [0.717, 1.165) is 45.2 Å². The van der Waals surface area contributed by atoms with E-state index >= 15 is 0 Å². The van der Waals surface area contributed by atoms with Crippen LogP contribution in [0, 0.1) is 17.3 Å². The molecule has 0 saturated heterocycles. The Balaban J connectivity index is 1.71. The molecule has 0 amide bonds. The smallest absolute Gasteiger partial charge is 0.179 e. The fourth-order valence-electron chi connectivity index (χ4n) is 5.25. The number of thiophene rings is 3. The Labute approximate surface area is 177 Å². The lowest BCUT2D eigenvalue weighted by Crippen LogP contribution is -2.31. The number of rotatable bonds is 4. The summed E-state index contributed by atoms with van der Waals surface area (Å²) in [5.41, 5.74) is 0.623. The Hall–Kier alpha value is -1.56. The minimum atomic E-state index is -0.808. The number of hydrogen-bond donors (Lipinski definition) is 0. The summed E-state index contributed by atoms with van der Waals surface area (Å²) in [6.45, 7) is 4.39. The standard InChI is InChI=1S/C23H22O2S3/c1-3-13-11-23(12-14(13)4-2)21(24)17-18(22(23)25)20(16-8-6-10-27-16)28-19(17)15-7-5-9-26-15/h5-10,13-14H,3-4,11-12H2,1-2H3. The van der Waals surface area contributed by atoms with Gasteiger partial charge < -0.3 is 0 Å². The van der Waals surface area contributed by atoms with Gasteiger partial charge in [-0.1, -0.05) is 38.8 Å². The van der Waals surface area contributed by atoms with Crippen LogP contribution in [0.2, 0.25) is 0 Å². The normalized spacial score (nSPS) is 23.1. The van der Waals surface area contributed by atoms with Crippen LogP contribution in [0.3, 0.4) is 0 Å². The molecule has 0 N–H and O–H groups in total. The van der Waals surface area contributed by atoms with E-state index in [-0.39, 0.29) is 11.6 Å². The van der Waals surface area contributed by atoms with E-state index in [1.54, 1.807) is 34.0 Å². The van der Waals surface area contributed by atoms with E-state index in [1.165, 1.54) is 0 Å². The first kappa shape index (κ1) is 18.5. The second kappa shape index (κ2) is 6.75. The molecule has 0 aromatic carbocycles. The number of Topliss-reactive ketones (excluding diaryl/α,β-unsaturated/α-hetero) is 2. The van der Waals surface area contributed by atoms with E-state index in [2.05, 4.69) is 26.0 Å². The summed E-state index contributed by atoms with van der Waals surface area (Å²) in [7, 11) is 0.